The van der Waals surface area contributed by atoms with Crippen LogP contribution in [0.1, 0.15) is 40.9 Å². The van der Waals surface area contributed by atoms with Crippen molar-refractivity contribution in [3.8, 4) is 5.75 Å². The van der Waals surface area contributed by atoms with Crippen molar-refractivity contribution in [2.75, 3.05) is 62.0 Å². The molecule has 1 atom stereocenters. The van der Waals surface area contributed by atoms with Gasteiger partial charge in [-0.25, -0.2) is 9.37 Å². The number of anilines is 5. The molecule has 9 nitrogen and oxygen atoms in total. The van der Waals surface area contributed by atoms with Gasteiger partial charge in [0.25, 0.3) is 5.91 Å². The van der Waals surface area contributed by atoms with Crippen LogP contribution < -0.4 is 25.6 Å². The van der Waals surface area contributed by atoms with E-state index in [2.05, 4.69) is 25.5 Å². The molecule has 1 unspecified atom stereocenters. The van der Waals surface area contributed by atoms with Gasteiger partial charge in [-0.05, 0) is 43.7 Å². The molecule has 0 bridgehead atoms. The minimum absolute atomic E-state index is 0.120. The Morgan fingerprint density at radius 3 is 2.76 bits per heavy atom. The number of hydrogen-bond acceptors (Lipinski definition) is 8. The molecule has 0 radical (unpaired) electrons. The highest BCUT2D eigenvalue weighted by Crippen LogP contribution is 2.41. The maximum Gasteiger partial charge on any atom is 0.421 e. The summed E-state index contributed by atoms with van der Waals surface area (Å²) in [6, 6.07) is 9.78. The van der Waals surface area contributed by atoms with Crippen LogP contribution >= 0.6 is 0 Å². The summed E-state index contributed by atoms with van der Waals surface area (Å²) in [6.45, 7) is 3.62. The van der Waals surface area contributed by atoms with Crippen molar-refractivity contribution >= 4 is 34.7 Å². The predicted molar refractivity (Wildman–Crippen MR) is 148 cm³/mol. The summed E-state index contributed by atoms with van der Waals surface area (Å²) in [5.41, 5.74) is 1.11. The molecule has 1 saturated heterocycles. The summed E-state index contributed by atoms with van der Waals surface area (Å²) in [5.74, 6) is -0.699. The Morgan fingerprint density at radius 1 is 1.17 bits per heavy atom. The SMILES string of the molecule is [2H]N1CCCN(c2ccc(Nc3ncc(C(F)(F)F)c(Nc4cccc5c4C(=O)N(CCF)C5C)n3)c(OC)c2)CC1. The molecule has 0 spiro atoms. The monoisotopic (exact) mass is 574 g/mol. The van der Waals surface area contributed by atoms with E-state index in [1.807, 2.05) is 12.1 Å². The molecule has 5 rings (SSSR count). The normalized spacial score (nSPS) is 18.1. The van der Waals surface area contributed by atoms with Crippen LogP contribution in [0.5, 0.6) is 5.75 Å². The summed E-state index contributed by atoms with van der Waals surface area (Å²) in [7, 11) is 1.49. The third-order valence-corrected chi connectivity index (χ3v) is 7.23. The summed E-state index contributed by atoms with van der Waals surface area (Å²) in [4.78, 5) is 24.6. The minimum atomic E-state index is -4.78. The van der Waals surface area contributed by atoms with E-state index in [1.54, 1.807) is 25.1 Å². The van der Waals surface area contributed by atoms with Gasteiger partial charge in [0.05, 0.1) is 30.1 Å². The van der Waals surface area contributed by atoms with Crippen LogP contribution in [0.3, 0.4) is 0 Å². The largest absolute Gasteiger partial charge is 0.494 e. The highest BCUT2D eigenvalue weighted by molar-refractivity contribution is 6.04. The van der Waals surface area contributed by atoms with E-state index in [4.69, 9.17) is 6.15 Å². The van der Waals surface area contributed by atoms with E-state index in [0.29, 0.717) is 42.8 Å². The Kier molecular flexibility index (Phi) is 7.77. The summed E-state index contributed by atoms with van der Waals surface area (Å²) in [6.07, 6.45) is -3.27. The molecule has 1 amide bonds. The molecule has 1 aromatic heterocycles. The Labute approximate surface area is 236 Å². The van der Waals surface area contributed by atoms with Gasteiger partial charge < -0.3 is 30.5 Å². The Balaban J connectivity index is 1.45. The van der Waals surface area contributed by atoms with Gasteiger partial charge in [0.2, 0.25) is 5.95 Å². The van der Waals surface area contributed by atoms with Crippen molar-refractivity contribution in [1.82, 2.24) is 20.2 Å². The zero-order valence-electron chi connectivity index (χ0n) is 23.6. The molecule has 3 aromatic rings. The van der Waals surface area contributed by atoms with Gasteiger partial charge in [-0.15, -0.1) is 0 Å². The second-order valence-electron chi connectivity index (χ2n) is 9.73. The van der Waals surface area contributed by atoms with Gasteiger partial charge in [-0.3, -0.25) is 4.79 Å². The number of carbonyl (C=O) groups excluding carboxylic acids is 1. The lowest BCUT2D eigenvalue weighted by Crippen LogP contribution is -2.28. The number of methoxy groups -OCH3 is 1. The third-order valence-electron chi connectivity index (χ3n) is 7.23. The second-order valence-corrected chi connectivity index (χ2v) is 9.73. The number of rotatable bonds is 8. The van der Waals surface area contributed by atoms with Gasteiger partial charge in [0.15, 0.2) is 0 Å². The van der Waals surface area contributed by atoms with Crippen LogP contribution in [0.4, 0.5) is 46.4 Å². The van der Waals surface area contributed by atoms with Gasteiger partial charge >= 0.3 is 6.18 Å². The van der Waals surface area contributed by atoms with Crippen LogP contribution in [0.15, 0.2) is 42.6 Å². The van der Waals surface area contributed by atoms with Crippen LogP contribution in [-0.2, 0) is 6.18 Å². The van der Waals surface area contributed by atoms with Crippen LogP contribution in [0, 0.1) is 0 Å². The van der Waals surface area contributed by atoms with Crippen molar-refractivity contribution < 1.29 is 28.5 Å². The van der Waals surface area contributed by atoms with Crippen LogP contribution in [0.2, 0.25) is 1.41 Å². The van der Waals surface area contributed by atoms with E-state index in [-0.39, 0.29) is 23.7 Å². The number of halogens is 4. The molecule has 0 saturated carbocycles. The number of alkyl halides is 4. The topological polar surface area (TPSA) is 94.6 Å². The first-order valence-electron chi connectivity index (χ1n) is 13.7. The molecule has 218 valence electrons. The minimum Gasteiger partial charge on any atom is -0.494 e. The number of carbonyl (C=O) groups is 1. The van der Waals surface area contributed by atoms with Gasteiger partial charge in [-0.1, -0.05) is 12.1 Å². The number of amides is 1. The molecule has 0 aliphatic carbocycles. The number of benzene rings is 2. The number of nitrogens with zero attached hydrogens (tertiary/aromatic N) is 4. The molecule has 2 aliphatic rings. The lowest BCUT2D eigenvalue weighted by atomic mass is 10.0. The Hall–Kier alpha value is -4.13. The lowest BCUT2D eigenvalue weighted by Gasteiger charge is -2.23. The molecule has 2 aliphatic heterocycles. The first kappa shape index (κ1) is 27.1. The van der Waals surface area contributed by atoms with Crippen molar-refractivity contribution in [2.45, 2.75) is 25.6 Å². The maximum absolute atomic E-state index is 14.0. The van der Waals surface area contributed by atoms with Gasteiger partial charge in [0.1, 0.15) is 25.2 Å². The Morgan fingerprint density at radius 2 is 2.00 bits per heavy atom. The predicted octanol–water partition coefficient (Wildman–Crippen LogP) is 5.28. The highest BCUT2D eigenvalue weighted by atomic mass is 19.4. The first-order chi connectivity index (χ1) is 20.1. The molecular formula is C28H31F4N7O2. The summed E-state index contributed by atoms with van der Waals surface area (Å²) in [5, 5.41) is 7.17. The second kappa shape index (κ2) is 11.8. The fourth-order valence-electron chi connectivity index (χ4n) is 5.15. The lowest BCUT2D eigenvalue weighted by molar-refractivity contribution is -0.137. The molecule has 41 heavy (non-hydrogen) atoms. The zero-order valence-corrected chi connectivity index (χ0v) is 22.6. The van der Waals surface area contributed by atoms with Gasteiger partial charge in [-0.2, -0.15) is 18.2 Å². The molecular weight excluding hydrogens is 542 g/mol. The van der Waals surface area contributed by atoms with E-state index in [0.717, 1.165) is 18.7 Å². The van der Waals surface area contributed by atoms with Crippen molar-refractivity contribution in [1.29, 1.82) is 0 Å². The average molecular weight is 575 g/mol. The van der Waals surface area contributed by atoms with Crippen molar-refractivity contribution in [3.05, 3.63) is 59.3 Å². The van der Waals surface area contributed by atoms with Crippen molar-refractivity contribution in [2.24, 2.45) is 0 Å². The molecule has 13 heteroatoms. The first-order valence-corrected chi connectivity index (χ1v) is 13.3. The van der Waals surface area contributed by atoms with E-state index in [9.17, 15) is 22.4 Å². The van der Waals surface area contributed by atoms with Gasteiger partial charge in [0, 0.05) is 44.1 Å². The zero-order chi connectivity index (χ0) is 30.0. The van der Waals surface area contributed by atoms with E-state index < -0.39 is 36.2 Å². The maximum atomic E-state index is 14.0. The smallest absolute Gasteiger partial charge is 0.421 e. The number of fused-ring (bicyclic) bond motifs is 1. The van der Waals surface area contributed by atoms with Crippen molar-refractivity contribution in [3.63, 3.8) is 0 Å². The summed E-state index contributed by atoms with van der Waals surface area (Å²) >= 11 is 0. The molecule has 3 heterocycles. The van der Waals surface area contributed by atoms with Crippen LogP contribution in [-0.4, -0.2) is 67.3 Å². The molecule has 1 fully saturated rings. The van der Waals surface area contributed by atoms with Crippen LogP contribution in [0.25, 0.3) is 0 Å². The summed E-state index contributed by atoms with van der Waals surface area (Å²) < 4.78 is 68.5. The number of hydrogen-bond donors (Lipinski definition) is 3. The fourth-order valence-corrected chi connectivity index (χ4v) is 5.15. The quantitative estimate of drug-likeness (QED) is 0.313. The fraction of sp³-hybridized carbons (Fsp3) is 0.393. The third kappa shape index (κ3) is 5.85. The number of ether oxygens (including phenoxy) is 1. The average Bonchev–Trinajstić information content (AvgIpc) is 3.07. The molecule has 2 aromatic carbocycles. The number of aromatic nitrogens is 2. The standard InChI is InChI=1S/C28H31F4N7O2/c1-17-19-5-3-6-22(24(19)26(40)39(17)13-9-29)35-25-20(28(30,31)32)16-34-27(37-25)36-21-8-7-18(15-23(21)41-2)38-12-4-10-33-11-14-38/h3,5-8,15-17,33H,4,9-14H2,1-2H3,(H2,34,35,36,37)/i/hD. The highest BCUT2D eigenvalue weighted by Gasteiger charge is 2.38. The van der Waals surface area contributed by atoms with E-state index in [1.165, 1.54) is 23.4 Å². The Bertz CT molecular complexity index is 1460. The molecule has 3 N–H and O–H groups in total. The number of nitrogens with one attached hydrogen (secondary N) is 3. The van der Waals surface area contributed by atoms with E-state index >= 15 is 0 Å².